The summed E-state index contributed by atoms with van der Waals surface area (Å²) >= 11 is 1.54. The number of hydrogen-bond donors (Lipinski definition) is 2. The number of carbonyl (C=O) groups excluding carboxylic acids is 2. The van der Waals surface area contributed by atoms with Gasteiger partial charge in [0, 0.05) is 24.9 Å². The van der Waals surface area contributed by atoms with E-state index in [4.69, 9.17) is 9.26 Å². The second-order valence-electron chi connectivity index (χ2n) is 6.55. The topological polar surface area (TPSA) is 106 Å². The lowest BCUT2D eigenvalue weighted by molar-refractivity contribution is -0.121. The number of amides is 2. The summed E-state index contributed by atoms with van der Waals surface area (Å²) in [6.07, 6.45) is 1.85. The van der Waals surface area contributed by atoms with Gasteiger partial charge in [-0.15, -0.1) is 11.3 Å². The summed E-state index contributed by atoms with van der Waals surface area (Å²) in [5, 5.41) is 11.5. The number of fused-ring (bicyclic) bond motifs is 1. The lowest BCUT2D eigenvalue weighted by Gasteiger charge is -2.17. The smallest absolute Gasteiger partial charge is 0.227 e. The SMILES string of the molecule is O=C(CCc1nc(-c2cccs2)no1)NCCOc1ccc2c(c1)CCC(=O)N2. The van der Waals surface area contributed by atoms with Gasteiger partial charge in [0.05, 0.1) is 11.4 Å². The van der Waals surface area contributed by atoms with Crippen molar-refractivity contribution in [3.05, 3.63) is 47.2 Å². The summed E-state index contributed by atoms with van der Waals surface area (Å²) in [6, 6.07) is 9.43. The number of hydrogen-bond acceptors (Lipinski definition) is 7. The number of nitrogens with zero attached hydrogens (tertiary/aromatic N) is 2. The van der Waals surface area contributed by atoms with Crippen LogP contribution in [0.3, 0.4) is 0 Å². The van der Waals surface area contributed by atoms with E-state index in [1.54, 1.807) is 0 Å². The Hall–Kier alpha value is -3.20. The Balaban J connectivity index is 1.17. The molecule has 0 radical (unpaired) electrons. The van der Waals surface area contributed by atoms with Gasteiger partial charge in [-0.2, -0.15) is 4.98 Å². The Morgan fingerprint density at radius 1 is 1.31 bits per heavy atom. The van der Waals surface area contributed by atoms with Crippen LogP contribution in [0.25, 0.3) is 10.7 Å². The third-order valence-corrected chi connectivity index (χ3v) is 5.31. The van der Waals surface area contributed by atoms with Crippen molar-refractivity contribution < 1.29 is 18.8 Å². The Morgan fingerprint density at radius 3 is 3.10 bits per heavy atom. The molecule has 1 aliphatic heterocycles. The normalized spacial score (nSPS) is 12.9. The zero-order valence-electron chi connectivity index (χ0n) is 15.6. The zero-order chi connectivity index (χ0) is 20.1. The van der Waals surface area contributed by atoms with Crippen LogP contribution in [0.15, 0.2) is 40.2 Å². The van der Waals surface area contributed by atoms with Gasteiger partial charge in [-0.3, -0.25) is 9.59 Å². The molecule has 3 heterocycles. The number of aryl methyl sites for hydroxylation is 2. The summed E-state index contributed by atoms with van der Waals surface area (Å²) < 4.78 is 10.9. The fourth-order valence-electron chi connectivity index (χ4n) is 2.98. The summed E-state index contributed by atoms with van der Waals surface area (Å²) in [4.78, 5) is 28.6. The number of rotatable bonds is 8. The van der Waals surface area contributed by atoms with E-state index < -0.39 is 0 Å². The van der Waals surface area contributed by atoms with Crippen LogP contribution in [0, 0.1) is 0 Å². The third-order valence-electron chi connectivity index (χ3n) is 4.44. The Morgan fingerprint density at radius 2 is 2.24 bits per heavy atom. The first kappa shape index (κ1) is 19.1. The van der Waals surface area contributed by atoms with Crippen molar-refractivity contribution in [1.29, 1.82) is 0 Å². The van der Waals surface area contributed by atoms with Gasteiger partial charge < -0.3 is 19.9 Å². The minimum atomic E-state index is -0.0994. The lowest BCUT2D eigenvalue weighted by atomic mass is 10.0. The predicted octanol–water partition coefficient (Wildman–Crippen LogP) is 2.81. The first-order valence-corrected chi connectivity index (χ1v) is 10.2. The monoisotopic (exact) mass is 412 g/mol. The Bertz CT molecular complexity index is 1000. The van der Waals surface area contributed by atoms with Gasteiger partial charge in [-0.05, 0) is 41.6 Å². The van der Waals surface area contributed by atoms with Crippen molar-refractivity contribution in [2.24, 2.45) is 0 Å². The van der Waals surface area contributed by atoms with Crippen molar-refractivity contribution in [2.75, 3.05) is 18.5 Å². The molecule has 1 aromatic carbocycles. The maximum Gasteiger partial charge on any atom is 0.227 e. The molecular weight excluding hydrogens is 392 g/mol. The highest BCUT2D eigenvalue weighted by Crippen LogP contribution is 2.26. The number of ether oxygens (including phenoxy) is 1. The standard InChI is InChI=1S/C20H20N4O4S/c25-17(7-8-19-23-20(24-28-19)16-2-1-11-29-16)21-9-10-27-14-4-5-15-13(12-14)3-6-18(26)22-15/h1-2,4-5,11-12H,3,6-10H2,(H,21,25)(H,22,26). The molecule has 0 bridgehead atoms. The van der Waals surface area contributed by atoms with Gasteiger partial charge in [0.1, 0.15) is 12.4 Å². The van der Waals surface area contributed by atoms with Gasteiger partial charge in [0.15, 0.2) is 0 Å². The first-order chi connectivity index (χ1) is 14.2. The fourth-order valence-corrected chi connectivity index (χ4v) is 3.63. The first-order valence-electron chi connectivity index (χ1n) is 9.36. The van der Waals surface area contributed by atoms with E-state index >= 15 is 0 Å². The highest BCUT2D eigenvalue weighted by molar-refractivity contribution is 7.13. The minimum Gasteiger partial charge on any atom is -0.492 e. The number of carbonyl (C=O) groups is 2. The van der Waals surface area contributed by atoms with Gasteiger partial charge in [-0.1, -0.05) is 11.2 Å². The number of nitrogens with one attached hydrogen (secondary N) is 2. The molecule has 0 fully saturated rings. The van der Waals surface area contributed by atoms with Crippen molar-refractivity contribution in [3.8, 4) is 16.5 Å². The number of thiophene rings is 1. The summed E-state index contributed by atoms with van der Waals surface area (Å²) in [6.45, 7) is 0.761. The maximum atomic E-state index is 12.0. The van der Waals surface area contributed by atoms with Crippen molar-refractivity contribution >= 4 is 28.8 Å². The van der Waals surface area contributed by atoms with E-state index in [1.165, 1.54) is 11.3 Å². The Labute approximate surface area is 171 Å². The van der Waals surface area contributed by atoms with Crippen molar-refractivity contribution in [1.82, 2.24) is 15.5 Å². The van der Waals surface area contributed by atoms with Crippen LogP contribution in [0.5, 0.6) is 5.75 Å². The van der Waals surface area contributed by atoms with Crippen LogP contribution < -0.4 is 15.4 Å². The molecule has 1 aliphatic rings. The van der Waals surface area contributed by atoms with E-state index in [0.29, 0.717) is 44.1 Å². The van der Waals surface area contributed by atoms with E-state index in [1.807, 2.05) is 35.7 Å². The molecule has 150 valence electrons. The molecular formula is C20H20N4O4S. The molecule has 4 rings (SSSR count). The average Bonchev–Trinajstić information content (AvgIpc) is 3.41. The van der Waals surface area contributed by atoms with Gasteiger partial charge in [0.25, 0.3) is 0 Å². The molecule has 3 aromatic rings. The van der Waals surface area contributed by atoms with E-state index in [2.05, 4.69) is 20.8 Å². The third kappa shape index (κ3) is 5.00. The number of aromatic nitrogens is 2. The maximum absolute atomic E-state index is 12.0. The highest BCUT2D eigenvalue weighted by atomic mass is 32.1. The lowest BCUT2D eigenvalue weighted by Crippen LogP contribution is -2.28. The molecule has 2 amide bonds. The molecule has 0 saturated carbocycles. The summed E-state index contributed by atoms with van der Waals surface area (Å²) in [5.41, 5.74) is 1.90. The Kier molecular flexibility index (Phi) is 5.85. The predicted molar refractivity (Wildman–Crippen MR) is 108 cm³/mol. The molecule has 0 saturated heterocycles. The van der Waals surface area contributed by atoms with Crippen LogP contribution in [0.4, 0.5) is 5.69 Å². The van der Waals surface area contributed by atoms with Gasteiger partial charge >= 0.3 is 0 Å². The van der Waals surface area contributed by atoms with Crippen LogP contribution in [0.1, 0.15) is 24.3 Å². The summed E-state index contributed by atoms with van der Waals surface area (Å²) in [7, 11) is 0. The van der Waals surface area contributed by atoms with Crippen molar-refractivity contribution in [3.63, 3.8) is 0 Å². The molecule has 0 unspecified atom stereocenters. The molecule has 0 atom stereocenters. The van der Waals surface area contributed by atoms with E-state index in [-0.39, 0.29) is 18.2 Å². The van der Waals surface area contributed by atoms with E-state index in [9.17, 15) is 9.59 Å². The minimum absolute atomic E-state index is 0.0390. The molecule has 2 aromatic heterocycles. The van der Waals surface area contributed by atoms with Crippen LogP contribution in [0.2, 0.25) is 0 Å². The second-order valence-corrected chi connectivity index (χ2v) is 7.50. The largest absolute Gasteiger partial charge is 0.492 e. The van der Waals surface area contributed by atoms with Crippen LogP contribution in [-0.2, 0) is 22.4 Å². The summed E-state index contributed by atoms with van der Waals surface area (Å²) in [5.74, 6) is 1.66. The number of benzene rings is 1. The molecule has 29 heavy (non-hydrogen) atoms. The molecule has 8 nitrogen and oxygen atoms in total. The zero-order valence-corrected chi connectivity index (χ0v) is 16.5. The quantitative estimate of drug-likeness (QED) is 0.551. The van der Waals surface area contributed by atoms with Crippen LogP contribution in [-0.4, -0.2) is 35.1 Å². The molecule has 2 N–H and O–H groups in total. The highest BCUT2D eigenvalue weighted by Gasteiger charge is 2.15. The van der Waals surface area contributed by atoms with Crippen molar-refractivity contribution in [2.45, 2.75) is 25.7 Å². The molecule has 0 aliphatic carbocycles. The van der Waals surface area contributed by atoms with Crippen LogP contribution >= 0.6 is 11.3 Å². The molecule has 9 heteroatoms. The van der Waals surface area contributed by atoms with Gasteiger partial charge in [-0.25, -0.2) is 0 Å². The molecule has 0 spiro atoms. The van der Waals surface area contributed by atoms with E-state index in [0.717, 1.165) is 21.9 Å². The fraction of sp³-hybridized carbons (Fsp3) is 0.300. The average molecular weight is 412 g/mol. The van der Waals surface area contributed by atoms with Gasteiger partial charge in [0.2, 0.25) is 23.5 Å². The number of anilines is 1. The second kappa shape index (κ2) is 8.87.